The lowest BCUT2D eigenvalue weighted by Crippen LogP contribution is -2.02. The van der Waals surface area contributed by atoms with E-state index in [1.54, 1.807) is 18.2 Å². The number of hydrogen-bond donors (Lipinski definition) is 1. The van der Waals surface area contributed by atoms with Crippen LogP contribution in [0.3, 0.4) is 0 Å². The molecule has 0 atom stereocenters. The standard InChI is InChI=1S/C13H8Cl2F3N/c14-8-2-1-7(10(15)3-8)6-19-9-4-11(16)13(18)12(17)5-9/h1-5,19H,6H2. The minimum absolute atomic E-state index is 0.127. The van der Waals surface area contributed by atoms with Crippen LogP contribution in [0.15, 0.2) is 30.3 Å². The molecule has 0 spiro atoms. The van der Waals surface area contributed by atoms with Crippen LogP contribution in [0.4, 0.5) is 18.9 Å². The zero-order valence-electron chi connectivity index (χ0n) is 9.48. The normalized spacial score (nSPS) is 10.6. The summed E-state index contributed by atoms with van der Waals surface area (Å²) in [5, 5.41) is 3.68. The Hall–Kier alpha value is -1.39. The van der Waals surface area contributed by atoms with Gasteiger partial charge in [-0.05, 0) is 17.7 Å². The van der Waals surface area contributed by atoms with Gasteiger partial charge in [-0.15, -0.1) is 0 Å². The number of hydrogen-bond acceptors (Lipinski definition) is 1. The number of anilines is 1. The van der Waals surface area contributed by atoms with E-state index in [9.17, 15) is 13.2 Å². The van der Waals surface area contributed by atoms with Gasteiger partial charge in [-0.25, -0.2) is 13.2 Å². The minimum Gasteiger partial charge on any atom is -0.381 e. The van der Waals surface area contributed by atoms with Crippen molar-refractivity contribution in [3.05, 3.63) is 63.4 Å². The maximum Gasteiger partial charge on any atom is 0.194 e. The van der Waals surface area contributed by atoms with Crippen molar-refractivity contribution in [2.45, 2.75) is 6.54 Å². The Labute approximate surface area is 118 Å². The Morgan fingerprint density at radius 1 is 0.947 bits per heavy atom. The highest BCUT2D eigenvalue weighted by molar-refractivity contribution is 6.35. The van der Waals surface area contributed by atoms with Crippen molar-refractivity contribution in [2.24, 2.45) is 0 Å². The third-order valence-corrected chi connectivity index (χ3v) is 3.07. The first kappa shape index (κ1) is 14.0. The Morgan fingerprint density at radius 2 is 1.58 bits per heavy atom. The van der Waals surface area contributed by atoms with E-state index in [-0.39, 0.29) is 12.2 Å². The molecule has 2 rings (SSSR count). The van der Waals surface area contributed by atoms with Gasteiger partial charge < -0.3 is 5.32 Å². The van der Waals surface area contributed by atoms with Crippen molar-refractivity contribution in [3.63, 3.8) is 0 Å². The van der Waals surface area contributed by atoms with Crippen LogP contribution in [0.2, 0.25) is 10.0 Å². The molecular weight excluding hydrogens is 298 g/mol. The molecular formula is C13H8Cl2F3N. The maximum atomic E-state index is 13.0. The first-order chi connectivity index (χ1) is 8.97. The monoisotopic (exact) mass is 305 g/mol. The van der Waals surface area contributed by atoms with E-state index in [1.807, 2.05) is 0 Å². The molecule has 0 saturated carbocycles. The van der Waals surface area contributed by atoms with Crippen LogP contribution in [0.5, 0.6) is 0 Å². The summed E-state index contributed by atoms with van der Waals surface area (Å²) in [4.78, 5) is 0. The lowest BCUT2D eigenvalue weighted by Gasteiger charge is -2.09. The Bertz CT molecular complexity index is 594. The summed E-state index contributed by atoms with van der Waals surface area (Å²) >= 11 is 11.7. The van der Waals surface area contributed by atoms with E-state index in [4.69, 9.17) is 23.2 Å². The highest BCUT2D eigenvalue weighted by atomic mass is 35.5. The SMILES string of the molecule is Fc1cc(NCc2ccc(Cl)cc2Cl)cc(F)c1F. The molecule has 0 fully saturated rings. The van der Waals surface area contributed by atoms with Crippen molar-refractivity contribution in [3.8, 4) is 0 Å². The second kappa shape index (κ2) is 5.72. The van der Waals surface area contributed by atoms with Gasteiger partial charge in [0, 0.05) is 34.4 Å². The highest BCUT2D eigenvalue weighted by Gasteiger charge is 2.10. The van der Waals surface area contributed by atoms with Gasteiger partial charge in [-0.1, -0.05) is 29.3 Å². The molecule has 1 nitrogen and oxygen atoms in total. The van der Waals surface area contributed by atoms with Crippen LogP contribution in [0, 0.1) is 17.5 Å². The quantitative estimate of drug-likeness (QED) is 0.785. The summed E-state index contributed by atoms with van der Waals surface area (Å²) in [7, 11) is 0. The third kappa shape index (κ3) is 3.33. The Balaban J connectivity index is 2.14. The van der Waals surface area contributed by atoms with Crippen LogP contribution < -0.4 is 5.32 Å². The second-order valence-corrected chi connectivity index (χ2v) is 4.69. The molecule has 6 heteroatoms. The Morgan fingerprint density at radius 3 is 2.16 bits per heavy atom. The summed E-state index contributed by atoms with van der Waals surface area (Å²) in [6.07, 6.45) is 0. The number of halogens is 5. The van der Waals surface area contributed by atoms with Crippen LogP contribution >= 0.6 is 23.2 Å². The first-order valence-corrected chi connectivity index (χ1v) is 6.05. The molecule has 0 heterocycles. The van der Waals surface area contributed by atoms with E-state index >= 15 is 0 Å². The largest absolute Gasteiger partial charge is 0.381 e. The second-order valence-electron chi connectivity index (χ2n) is 3.84. The van der Waals surface area contributed by atoms with E-state index in [1.165, 1.54) is 0 Å². The molecule has 0 aliphatic heterocycles. The van der Waals surface area contributed by atoms with E-state index < -0.39 is 17.5 Å². The van der Waals surface area contributed by atoms with Crippen molar-refractivity contribution in [1.29, 1.82) is 0 Å². The lowest BCUT2D eigenvalue weighted by molar-refractivity contribution is 0.447. The number of benzene rings is 2. The summed E-state index contributed by atoms with van der Waals surface area (Å²) in [5.74, 6) is -3.98. The third-order valence-electron chi connectivity index (χ3n) is 2.48. The van der Waals surface area contributed by atoms with E-state index in [0.29, 0.717) is 15.6 Å². The molecule has 0 radical (unpaired) electrons. The Kier molecular flexibility index (Phi) is 4.22. The van der Waals surface area contributed by atoms with Crippen molar-refractivity contribution in [1.82, 2.24) is 0 Å². The molecule has 100 valence electrons. The smallest absolute Gasteiger partial charge is 0.194 e. The van der Waals surface area contributed by atoms with Crippen LogP contribution in [-0.4, -0.2) is 0 Å². The summed E-state index contributed by atoms with van der Waals surface area (Å²) in [6, 6.07) is 6.65. The molecule has 2 aromatic carbocycles. The highest BCUT2D eigenvalue weighted by Crippen LogP contribution is 2.23. The fourth-order valence-electron chi connectivity index (χ4n) is 1.52. The first-order valence-electron chi connectivity index (χ1n) is 5.29. The van der Waals surface area contributed by atoms with Crippen LogP contribution in [0.25, 0.3) is 0 Å². The molecule has 0 amide bonds. The molecule has 0 unspecified atom stereocenters. The molecule has 0 bridgehead atoms. The zero-order valence-corrected chi connectivity index (χ0v) is 11.0. The van der Waals surface area contributed by atoms with Gasteiger partial charge >= 0.3 is 0 Å². The van der Waals surface area contributed by atoms with Gasteiger partial charge in [0.25, 0.3) is 0 Å². The van der Waals surface area contributed by atoms with Gasteiger partial charge in [-0.3, -0.25) is 0 Å². The van der Waals surface area contributed by atoms with Crippen LogP contribution in [0.1, 0.15) is 5.56 Å². The van der Waals surface area contributed by atoms with Crippen molar-refractivity contribution in [2.75, 3.05) is 5.32 Å². The maximum absolute atomic E-state index is 13.0. The van der Waals surface area contributed by atoms with Gasteiger partial charge in [0.15, 0.2) is 17.5 Å². The van der Waals surface area contributed by atoms with E-state index in [2.05, 4.69) is 5.32 Å². The molecule has 0 aromatic heterocycles. The summed E-state index contributed by atoms with van der Waals surface area (Å²) in [5.41, 5.74) is 0.832. The number of rotatable bonds is 3. The molecule has 2 aromatic rings. The average molecular weight is 306 g/mol. The molecule has 0 aliphatic rings. The van der Waals surface area contributed by atoms with Crippen molar-refractivity contribution < 1.29 is 13.2 Å². The minimum atomic E-state index is -1.49. The van der Waals surface area contributed by atoms with Gasteiger partial charge in [0.2, 0.25) is 0 Å². The lowest BCUT2D eigenvalue weighted by atomic mass is 10.2. The van der Waals surface area contributed by atoms with Gasteiger partial charge in [0.05, 0.1) is 0 Å². The average Bonchev–Trinajstić information content (AvgIpc) is 2.34. The predicted molar refractivity (Wildman–Crippen MR) is 70.1 cm³/mol. The molecule has 0 aliphatic carbocycles. The molecule has 0 saturated heterocycles. The fourth-order valence-corrected chi connectivity index (χ4v) is 2.00. The van der Waals surface area contributed by atoms with Crippen LogP contribution in [-0.2, 0) is 6.54 Å². The topological polar surface area (TPSA) is 12.0 Å². The van der Waals surface area contributed by atoms with E-state index in [0.717, 1.165) is 12.1 Å². The van der Waals surface area contributed by atoms with Gasteiger partial charge in [0.1, 0.15) is 0 Å². The van der Waals surface area contributed by atoms with Gasteiger partial charge in [-0.2, -0.15) is 0 Å². The van der Waals surface area contributed by atoms with Crippen molar-refractivity contribution >= 4 is 28.9 Å². The fraction of sp³-hybridized carbons (Fsp3) is 0.0769. The predicted octanol–water partition coefficient (Wildman–Crippen LogP) is 5.02. The molecule has 1 N–H and O–H groups in total. The zero-order chi connectivity index (χ0) is 14.0. The number of nitrogens with one attached hydrogen (secondary N) is 1. The summed E-state index contributed by atoms with van der Waals surface area (Å²) in [6.45, 7) is 0.237. The molecule has 19 heavy (non-hydrogen) atoms. The summed E-state index contributed by atoms with van der Waals surface area (Å²) < 4.78 is 38.8.